The van der Waals surface area contributed by atoms with E-state index in [-0.39, 0.29) is 5.56 Å². The average molecular weight is 393 g/mol. The lowest BCUT2D eigenvalue weighted by atomic mass is 10.1. The summed E-state index contributed by atoms with van der Waals surface area (Å²) in [5.74, 6) is -0.753. The fraction of sp³-hybridized carbons (Fsp3) is 0.136. The molecule has 0 fully saturated rings. The Bertz CT molecular complexity index is 998. The zero-order chi connectivity index (χ0) is 20.8. The predicted octanol–water partition coefficient (Wildman–Crippen LogP) is 3.49. The van der Waals surface area contributed by atoms with Crippen molar-refractivity contribution in [1.82, 2.24) is 15.8 Å². The van der Waals surface area contributed by atoms with E-state index in [0.717, 1.165) is 16.7 Å². The summed E-state index contributed by atoms with van der Waals surface area (Å²) in [7, 11) is 0. The van der Waals surface area contributed by atoms with Gasteiger partial charge in [-0.05, 0) is 67.4 Å². The maximum atomic E-state index is 12.9. The fourth-order valence-corrected chi connectivity index (χ4v) is 2.81. The molecule has 29 heavy (non-hydrogen) atoms. The smallest absolute Gasteiger partial charge is 0.269 e. The number of pyridine rings is 1. The van der Waals surface area contributed by atoms with E-state index in [0.29, 0.717) is 17.9 Å². The summed E-state index contributed by atoms with van der Waals surface area (Å²) in [6.07, 6.45) is 3.43. The molecule has 148 valence electrons. The summed E-state index contributed by atoms with van der Waals surface area (Å²) in [5.41, 5.74) is 7.83. The van der Waals surface area contributed by atoms with Crippen LogP contribution in [0.5, 0.6) is 5.75 Å². The monoisotopic (exact) mass is 393 g/mol. The molecule has 0 spiro atoms. The van der Waals surface area contributed by atoms with Crippen molar-refractivity contribution in [2.24, 2.45) is 0 Å². The van der Waals surface area contributed by atoms with Gasteiger partial charge in [-0.2, -0.15) is 0 Å². The average Bonchev–Trinajstić information content (AvgIpc) is 2.72. The Morgan fingerprint density at radius 2 is 1.59 bits per heavy atom. The van der Waals surface area contributed by atoms with Gasteiger partial charge < -0.3 is 4.74 Å². The second-order valence-electron chi connectivity index (χ2n) is 6.50. The van der Waals surface area contributed by atoms with Gasteiger partial charge in [0.15, 0.2) is 0 Å². The van der Waals surface area contributed by atoms with Gasteiger partial charge in [0.25, 0.3) is 11.8 Å². The van der Waals surface area contributed by atoms with Gasteiger partial charge in [0.05, 0.1) is 0 Å². The number of aromatic nitrogens is 1. The van der Waals surface area contributed by atoms with Gasteiger partial charge in [-0.1, -0.05) is 6.07 Å². The van der Waals surface area contributed by atoms with Crippen molar-refractivity contribution >= 4 is 11.8 Å². The lowest BCUT2D eigenvalue weighted by molar-refractivity contribution is 0.0846. The molecule has 0 radical (unpaired) electrons. The molecule has 0 saturated carbocycles. The number of rotatable bonds is 5. The molecule has 6 nitrogen and oxygen atoms in total. The topological polar surface area (TPSA) is 80.3 Å². The van der Waals surface area contributed by atoms with E-state index in [9.17, 15) is 14.0 Å². The van der Waals surface area contributed by atoms with Crippen LogP contribution in [0.3, 0.4) is 0 Å². The first-order valence-electron chi connectivity index (χ1n) is 8.93. The molecular weight excluding hydrogens is 373 g/mol. The number of hydrogen-bond donors (Lipinski definition) is 2. The third-order valence-electron chi connectivity index (χ3n) is 4.22. The van der Waals surface area contributed by atoms with Crippen molar-refractivity contribution < 1.29 is 18.7 Å². The summed E-state index contributed by atoms with van der Waals surface area (Å²) in [4.78, 5) is 28.5. The lowest BCUT2D eigenvalue weighted by Crippen LogP contribution is -2.41. The van der Waals surface area contributed by atoms with E-state index in [2.05, 4.69) is 15.8 Å². The fourth-order valence-electron chi connectivity index (χ4n) is 2.81. The molecule has 3 rings (SSSR count). The highest BCUT2D eigenvalue weighted by molar-refractivity contribution is 5.99. The number of carbonyl (C=O) groups excluding carboxylic acids is 2. The van der Waals surface area contributed by atoms with Crippen LogP contribution in [0.2, 0.25) is 0 Å². The first-order valence-corrected chi connectivity index (χ1v) is 8.93. The van der Waals surface area contributed by atoms with Gasteiger partial charge in [-0.25, -0.2) is 4.39 Å². The molecule has 0 unspecified atom stereocenters. The minimum absolute atomic E-state index is 0.234. The Kier molecular flexibility index (Phi) is 6.19. The van der Waals surface area contributed by atoms with Gasteiger partial charge in [-0.3, -0.25) is 25.4 Å². The largest absolute Gasteiger partial charge is 0.488 e. The molecule has 2 aromatic carbocycles. The van der Waals surface area contributed by atoms with Crippen molar-refractivity contribution in [3.05, 3.63) is 94.6 Å². The summed E-state index contributed by atoms with van der Waals surface area (Å²) >= 11 is 0. The summed E-state index contributed by atoms with van der Waals surface area (Å²) in [5, 5.41) is 0. The van der Waals surface area contributed by atoms with E-state index in [4.69, 9.17) is 4.74 Å². The van der Waals surface area contributed by atoms with E-state index in [1.165, 1.54) is 24.3 Å². The van der Waals surface area contributed by atoms with Crippen LogP contribution < -0.4 is 15.6 Å². The second kappa shape index (κ2) is 8.97. The Balaban J connectivity index is 1.63. The molecule has 0 aliphatic rings. The normalized spacial score (nSPS) is 10.3. The first-order chi connectivity index (χ1) is 13.9. The third kappa shape index (κ3) is 5.16. The standard InChI is InChI=1S/C22H20FN3O3/c1-14-10-18(11-15(2)20(14)29-13-16-4-3-9-24-12-16)22(28)26-25-21(27)17-5-7-19(23)8-6-17/h3-12H,13H2,1-2H3,(H,25,27)(H,26,28). The van der Waals surface area contributed by atoms with Crippen LogP contribution in [0.1, 0.15) is 37.4 Å². The van der Waals surface area contributed by atoms with Gasteiger partial charge in [0, 0.05) is 29.1 Å². The minimum Gasteiger partial charge on any atom is -0.488 e. The van der Waals surface area contributed by atoms with Crippen LogP contribution in [-0.2, 0) is 6.61 Å². The zero-order valence-corrected chi connectivity index (χ0v) is 16.0. The van der Waals surface area contributed by atoms with Crippen LogP contribution in [0.25, 0.3) is 0 Å². The quantitative estimate of drug-likeness (QED) is 0.651. The lowest BCUT2D eigenvalue weighted by Gasteiger charge is -2.14. The molecule has 2 N–H and O–H groups in total. The van der Waals surface area contributed by atoms with Gasteiger partial charge in [-0.15, -0.1) is 0 Å². The third-order valence-corrected chi connectivity index (χ3v) is 4.22. The Labute approximate surface area is 167 Å². The SMILES string of the molecule is Cc1cc(C(=O)NNC(=O)c2ccc(F)cc2)cc(C)c1OCc1cccnc1. The summed E-state index contributed by atoms with van der Waals surface area (Å²) in [6, 6.07) is 12.1. The van der Waals surface area contributed by atoms with Crippen molar-refractivity contribution in [2.75, 3.05) is 0 Å². The molecular formula is C22H20FN3O3. The number of halogens is 1. The summed E-state index contributed by atoms with van der Waals surface area (Å²) < 4.78 is 18.8. The minimum atomic E-state index is -0.539. The number of nitrogens with zero attached hydrogens (tertiary/aromatic N) is 1. The van der Waals surface area contributed by atoms with Gasteiger partial charge in [0.1, 0.15) is 18.2 Å². The maximum Gasteiger partial charge on any atom is 0.269 e. The molecule has 1 heterocycles. The first kappa shape index (κ1) is 20.0. The highest BCUT2D eigenvalue weighted by atomic mass is 19.1. The second-order valence-corrected chi connectivity index (χ2v) is 6.50. The van der Waals surface area contributed by atoms with E-state index in [1.807, 2.05) is 26.0 Å². The Hall–Kier alpha value is -3.74. The molecule has 1 aromatic heterocycles. The van der Waals surface area contributed by atoms with Gasteiger partial charge in [0.2, 0.25) is 0 Å². The van der Waals surface area contributed by atoms with Crippen molar-refractivity contribution in [3.63, 3.8) is 0 Å². The molecule has 3 aromatic rings. The number of benzene rings is 2. The molecule has 0 atom stereocenters. The van der Waals surface area contributed by atoms with E-state index < -0.39 is 17.6 Å². The molecule has 0 bridgehead atoms. The Morgan fingerprint density at radius 1 is 0.966 bits per heavy atom. The van der Waals surface area contributed by atoms with Crippen LogP contribution in [0.4, 0.5) is 4.39 Å². The van der Waals surface area contributed by atoms with Crippen LogP contribution in [-0.4, -0.2) is 16.8 Å². The number of amides is 2. The van der Waals surface area contributed by atoms with Crippen LogP contribution >= 0.6 is 0 Å². The van der Waals surface area contributed by atoms with Crippen molar-refractivity contribution in [1.29, 1.82) is 0 Å². The number of carbonyl (C=O) groups is 2. The molecule has 7 heteroatoms. The Morgan fingerprint density at radius 3 is 2.17 bits per heavy atom. The number of hydrazine groups is 1. The van der Waals surface area contributed by atoms with Crippen molar-refractivity contribution in [3.8, 4) is 5.75 Å². The number of aryl methyl sites for hydroxylation is 2. The highest BCUT2D eigenvalue weighted by Gasteiger charge is 2.13. The molecule has 2 amide bonds. The molecule has 0 aliphatic heterocycles. The number of nitrogens with one attached hydrogen (secondary N) is 2. The van der Waals surface area contributed by atoms with Crippen molar-refractivity contribution in [2.45, 2.75) is 20.5 Å². The van der Waals surface area contributed by atoms with Crippen LogP contribution in [0.15, 0.2) is 60.9 Å². The number of hydrogen-bond acceptors (Lipinski definition) is 4. The molecule has 0 aliphatic carbocycles. The highest BCUT2D eigenvalue weighted by Crippen LogP contribution is 2.25. The van der Waals surface area contributed by atoms with Crippen LogP contribution in [0, 0.1) is 19.7 Å². The van der Waals surface area contributed by atoms with Gasteiger partial charge >= 0.3 is 0 Å². The summed E-state index contributed by atoms with van der Waals surface area (Å²) in [6.45, 7) is 4.06. The predicted molar refractivity (Wildman–Crippen MR) is 106 cm³/mol. The molecule has 0 saturated heterocycles. The van der Waals surface area contributed by atoms with E-state index >= 15 is 0 Å². The maximum absolute atomic E-state index is 12.9. The van der Waals surface area contributed by atoms with E-state index in [1.54, 1.807) is 24.5 Å². The number of ether oxygens (including phenoxy) is 1. The zero-order valence-electron chi connectivity index (χ0n) is 16.0.